The van der Waals surface area contributed by atoms with E-state index in [-0.39, 0.29) is 6.10 Å². The van der Waals surface area contributed by atoms with Crippen LogP contribution in [0.4, 0.5) is 0 Å². The van der Waals surface area contributed by atoms with Gasteiger partial charge in [-0.1, -0.05) is 13.0 Å². The molecule has 1 unspecified atom stereocenters. The molecule has 1 N–H and O–H groups in total. The predicted octanol–water partition coefficient (Wildman–Crippen LogP) is 3.58. The van der Waals surface area contributed by atoms with E-state index in [2.05, 4.69) is 34.7 Å². The summed E-state index contributed by atoms with van der Waals surface area (Å²) in [6, 6.07) is 8.40. The van der Waals surface area contributed by atoms with E-state index in [1.807, 2.05) is 12.3 Å². The third kappa shape index (κ3) is 1.47. The highest BCUT2D eigenvalue weighted by Crippen LogP contribution is 2.39. The van der Waals surface area contributed by atoms with Crippen LogP contribution in [0.3, 0.4) is 0 Å². The van der Waals surface area contributed by atoms with Gasteiger partial charge in [0.05, 0.1) is 22.7 Å². The zero-order chi connectivity index (χ0) is 13.7. The Labute approximate surface area is 117 Å². The maximum Gasteiger partial charge on any atom is 0.0962 e. The van der Waals surface area contributed by atoms with Crippen LogP contribution in [0.2, 0.25) is 0 Å². The standard InChI is InChI=1S/C17H18N2O/c1-2-10-19-13-7-5-11-12(6-8-15(11)20)16(13)17-14(19)4-3-9-18-17/h3-5,7,9,15,20H,2,6,8,10H2,1H3. The summed E-state index contributed by atoms with van der Waals surface area (Å²) in [5, 5.41) is 11.3. The maximum absolute atomic E-state index is 10.1. The summed E-state index contributed by atoms with van der Waals surface area (Å²) in [6.45, 7) is 3.21. The van der Waals surface area contributed by atoms with Crippen molar-refractivity contribution in [3.63, 3.8) is 0 Å². The van der Waals surface area contributed by atoms with Crippen molar-refractivity contribution in [2.24, 2.45) is 0 Å². The lowest BCUT2D eigenvalue weighted by molar-refractivity contribution is 0.180. The average Bonchev–Trinajstić information content (AvgIpc) is 3.00. The van der Waals surface area contributed by atoms with Crippen LogP contribution in [0, 0.1) is 0 Å². The molecule has 3 aromatic rings. The molecule has 3 heteroatoms. The number of aromatic nitrogens is 2. The minimum atomic E-state index is -0.303. The number of rotatable bonds is 2. The van der Waals surface area contributed by atoms with Gasteiger partial charge in [-0.2, -0.15) is 0 Å². The molecule has 0 saturated heterocycles. The van der Waals surface area contributed by atoms with Gasteiger partial charge in [-0.05, 0) is 48.6 Å². The molecule has 0 spiro atoms. The van der Waals surface area contributed by atoms with Gasteiger partial charge in [-0.25, -0.2) is 0 Å². The second-order valence-corrected chi connectivity index (χ2v) is 5.60. The third-order valence-corrected chi connectivity index (χ3v) is 4.41. The van der Waals surface area contributed by atoms with E-state index in [1.54, 1.807) is 0 Å². The van der Waals surface area contributed by atoms with Crippen molar-refractivity contribution in [3.8, 4) is 0 Å². The van der Waals surface area contributed by atoms with E-state index in [9.17, 15) is 5.11 Å². The van der Waals surface area contributed by atoms with Crippen LogP contribution in [0.15, 0.2) is 30.5 Å². The summed E-state index contributed by atoms with van der Waals surface area (Å²) in [5.41, 5.74) is 5.95. The van der Waals surface area contributed by atoms with Crippen molar-refractivity contribution < 1.29 is 5.11 Å². The van der Waals surface area contributed by atoms with Gasteiger partial charge in [0.25, 0.3) is 0 Å². The molecule has 102 valence electrons. The first-order valence-corrected chi connectivity index (χ1v) is 7.38. The molecular formula is C17H18N2O. The van der Waals surface area contributed by atoms with Crippen molar-refractivity contribution >= 4 is 21.9 Å². The Balaban J connectivity index is 2.17. The minimum Gasteiger partial charge on any atom is -0.388 e. The van der Waals surface area contributed by atoms with Gasteiger partial charge in [-0.3, -0.25) is 4.98 Å². The highest BCUT2D eigenvalue weighted by molar-refractivity contribution is 6.08. The summed E-state index contributed by atoms with van der Waals surface area (Å²) in [4.78, 5) is 4.61. The van der Waals surface area contributed by atoms with Crippen LogP contribution in [-0.2, 0) is 13.0 Å². The molecule has 1 aromatic carbocycles. The highest BCUT2D eigenvalue weighted by atomic mass is 16.3. The van der Waals surface area contributed by atoms with Gasteiger partial charge in [0.1, 0.15) is 0 Å². The number of aliphatic hydroxyl groups excluding tert-OH is 1. The molecule has 0 fully saturated rings. The van der Waals surface area contributed by atoms with Crippen molar-refractivity contribution in [3.05, 3.63) is 41.6 Å². The van der Waals surface area contributed by atoms with Crippen LogP contribution < -0.4 is 0 Å². The molecule has 2 aromatic heterocycles. The smallest absolute Gasteiger partial charge is 0.0962 e. The number of hydrogen-bond donors (Lipinski definition) is 1. The highest BCUT2D eigenvalue weighted by Gasteiger charge is 2.25. The van der Waals surface area contributed by atoms with Crippen LogP contribution in [0.5, 0.6) is 0 Å². The molecule has 4 rings (SSSR count). The molecule has 0 radical (unpaired) electrons. The Morgan fingerprint density at radius 1 is 1.30 bits per heavy atom. The van der Waals surface area contributed by atoms with E-state index < -0.39 is 0 Å². The van der Waals surface area contributed by atoms with Gasteiger partial charge in [0.2, 0.25) is 0 Å². The Bertz CT molecular complexity index is 803. The predicted molar refractivity (Wildman–Crippen MR) is 80.8 cm³/mol. The lowest BCUT2D eigenvalue weighted by atomic mass is 10.0. The first-order valence-electron chi connectivity index (χ1n) is 7.38. The largest absolute Gasteiger partial charge is 0.388 e. The SMILES string of the molecule is CCCn1c2cccnc2c2c3c(ccc21)C(O)CC3. The van der Waals surface area contributed by atoms with Crippen LogP contribution in [0.1, 0.15) is 37.0 Å². The molecule has 0 bridgehead atoms. The second kappa shape index (κ2) is 4.32. The first-order chi connectivity index (χ1) is 9.81. The number of fused-ring (bicyclic) bond motifs is 5. The zero-order valence-corrected chi connectivity index (χ0v) is 11.6. The summed E-state index contributed by atoms with van der Waals surface area (Å²) in [7, 11) is 0. The molecular weight excluding hydrogens is 248 g/mol. The Morgan fingerprint density at radius 2 is 2.20 bits per heavy atom. The number of hydrogen-bond acceptors (Lipinski definition) is 2. The van der Waals surface area contributed by atoms with Gasteiger partial charge in [0, 0.05) is 18.1 Å². The Kier molecular flexibility index (Phi) is 2.57. The first kappa shape index (κ1) is 11.9. The Morgan fingerprint density at radius 3 is 3.05 bits per heavy atom. The van der Waals surface area contributed by atoms with Crippen LogP contribution >= 0.6 is 0 Å². The molecule has 3 nitrogen and oxygen atoms in total. The monoisotopic (exact) mass is 266 g/mol. The fourth-order valence-corrected chi connectivity index (χ4v) is 3.56. The average molecular weight is 266 g/mol. The van der Waals surface area contributed by atoms with E-state index in [0.29, 0.717) is 0 Å². The van der Waals surface area contributed by atoms with E-state index in [4.69, 9.17) is 0 Å². The minimum absolute atomic E-state index is 0.303. The molecule has 0 aliphatic heterocycles. The molecule has 20 heavy (non-hydrogen) atoms. The molecule has 1 atom stereocenters. The van der Waals surface area contributed by atoms with Crippen molar-refractivity contribution in [2.45, 2.75) is 38.8 Å². The van der Waals surface area contributed by atoms with Crippen molar-refractivity contribution in [1.29, 1.82) is 0 Å². The van der Waals surface area contributed by atoms with Gasteiger partial charge < -0.3 is 9.67 Å². The van der Waals surface area contributed by atoms with E-state index in [0.717, 1.165) is 36.9 Å². The number of aliphatic hydroxyl groups is 1. The van der Waals surface area contributed by atoms with E-state index >= 15 is 0 Å². The van der Waals surface area contributed by atoms with Crippen molar-refractivity contribution in [2.75, 3.05) is 0 Å². The quantitative estimate of drug-likeness (QED) is 0.770. The fourth-order valence-electron chi connectivity index (χ4n) is 3.56. The topological polar surface area (TPSA) is 38.0 Å². The lowest BCUT2D eigenvalue weighted by Crippen LogP contribution is -1.96. The Hall–Kier alpha value is -1.87. The fraction of sp³-hybridized carbons (Fsp3) is 0.353. The zero-order valence-electron chi connectivity index (χ0n) is 11.6. The number of aryl methyl sites for hydroxylation is 2. The molecule has 0 amide bonds. The number of pyridine rings is 1. The summed E-state index contributed by atoms with van der Waals surface area (Å²) < 4.78 is 2.36. The van der Waals surface area contributed by atoms with Gasteiger partial charge >= 0.3 is 0 Å². The van der Waals surface area contributed by atoms with Gasteiger partial charge in [-0.15, -0.1) is 0 Å². The number of benzene rings is 1. The van der Waals surface area contributed by atoms with Crippen molar-refractivity contribution in [1.82, 2.24) is 9.55 Å². The van der Waals surface area contributed by atoms with Crippen LogP contribution in [-0.4, -0.2) is 14.7 Å². The summed E-state index contributed by atoms with van der Waals surface area (Å²) in [6.07, 6.45) is 4.45. The summed E-state index contributed by atoms with van der Waals surface area (Å²) in [5.74, 6) is 0. The molecule has 2 heterocycles. The summed E-state index contributed by atoms with van der Waals surface area (Å²) >= 11 is 0. The van der Waals surface area contributed by atoms with Crippen LogP contribution in [0.25, 0.3) is 21.9 Å². The molecule has 1 aliphatic carbocycles. The lowest BCUT2D eigenvalue weighted by Gasteiger charge is -2.07. The second-order valence-electron chi connectivity index (χ2n) is 5.60. The molecule has 0 saturated carbocycles. The maximum atomic E-state index is 10.1. The number of nitrogens with zero attached hydrogens (tertiary/aromatic N) is 2. The van der Waals surface area contributed by atoms with E-state index in [1.165, 1.54) is 22.0 Å². The van der Waals surface area contributed by atoms with Gasteiger partial charge in [0.15, 0.2) is 0 Å². The normalized spacial score (nSPS) is 18.0. The third-order valence-electron chi connectivity index (χ3n) is 4.41. The molecule has 1 aliphatic rings.